The molecule has 5 rings (SSSR count). The number of nitrogens with zero attached hydrogens (tertiary/aromatic N) is 5. The van der Waals surface area contributed by atoms with Crippen LogP contribution in [0.2, 0.25) is 0 Å². The van der Waals surface area contributed by atoms with Crippen LogP contribution in [0.15, 0.2) is 47.3 Å². The number of fused-ring (bicyclic) bond motifs is 1. The number of H-pyrrole nitrogens is 1. The Hall–Kier alpha value is -3.52. The molecule has 2 aromatic heterocycles. The summed E-state index contributed by atoms with van der Waals surface area (Å²) in [6, 6.07) is 14.7. The van der Waals surface area contributed by atoms with E-state index in [1.54, 1.807) is 7.11 Å². The van der Waals surface area contributed by atoms with E-state index in [0.717, 1.165) is 58.4 Å². The number of hydrogen-bond donors (Lipinski definition) is 1. The molecule has 1 saturated carbocycles. The number of benzene rings is 2. The van der Waals surface area contributed by atoms with Gasteiger partial charge in [0.25, 0.3) is 5.56 Å². The second-order valence-corrected chi connectivity index (χ2v) is 10.6. The topological polar surface area (TPSA) is 88.9 Å². The third-order valence-electron chi connectivity index (χ3n) is 7.85. The van der Waals surface area contributed by atoms with Crippen molar-refractivity contribution in [1.29, 1.82) is 0 Å². The van der Waals surface area contributed by atoms with E-state index in [0.29, 0.717) is 19.1 Å². The maximum Gasteiger partial charge on any atom is 0.252 e. The molecule has 4 aromatic rings. The maximum absolute atomic E-state index is 13.3. The van der Waals surface area contributed by atoms with Crippen LogP contribution in [-0.2, 0) is 13.1 Å². The molecule has 1 aliphatic rings. The summed E-state index contributed by atoms with van der Waals surface area (Å²) in [4.78, 5) is 18.8. The first-order valence-corrected chi connectivity index (χ1v) is 13.7. The van der Waals surface area contributed by atoms with Crippen molar-refractivity contribution < 1.29 is 4.74 Å². The average molecular weight is 515 g/mol. The molecule has 1 fully saturated rings. The second-order valence-electron chi connectivity index (χ2n) is 10.6. The van der Waals surface area contributed by atoms with Crippen LogP contribution in [0.1, 0.15) is 85.6 Å². The highest BCUT2D eigenvalue weighted by Gasteiger charge is 2.29. The van der Waals surface area contributed by atoms with Gasteiger partial charge in [0.1, 0.15) is 5.75 Å². The number of tetrazole rings is 1. The van der Waals surface area contributed by atoms with Gasteiger partial charge in [0, 0.05) is 18.7 Å². The van der Waals surface area contributed by atoms with E-state index in [9.17, 15) is 4.79 Å². The van der Waals surface area contributed by atoms with E-state index in [1.165, 1.54) is 24.8 Å². The highest BCUT2D eigenvalue weighted by Crippen LogP contribution is 2.33. The third kappa shape index (κ3) is 5.50. The van der Waals surface area contributed by atoms with Gasteiger partial charge in [-0.3, -0.25) is 9.69 Å². The molecule has 0 spiro atoms. The molecular formula is C30H38N6O2. The molecule has 0 saturated heterocycles. The first-order valence-electron chi connectivity index (χ1n) is 13.7. The molecule has 1 N–H and O–H groups in total. The number of ether oxygens (including phenoxy) is 1. The summed E-state index contributed by atoms with van der Waals surface area (Å²) in [6.45, 7) is 7.44. The van der Waals surface area contributed by atoms with E-state index < -0.39 is 0 Å². The summed E-state index contributed by atoms with van der Waals surface area (Å²) < 4.78 is 7.43. The molecule has 0 amide bonds. The van der Waals surface area contributed by atoms with Gasteiger partial charge in [0.15, 0.2) is 5.82 Å². The van der Waals surface area contributed by atoms with E-state index in [-0.39, 0.29) is 11.6 Å². The zero-order chi connectivity index (χ0) is 26.6. The Bertz CT molecular complexity index is 1440. The molecular weight excluding hydrogens is 476 g/mol. The minimum atomic E-state index is -0.0501. The van der Waals surface area contributed by atoms with Crippen LogP contribution in [0.5, 0.6) is 5.75 Å². The van der Waals surface area contributed by atoms with Gasteiger partial charge in [0.05, 0.1) is 24.7 Å². The largest absolute Gasteiger partial charge is 0.497 e. The molecule has 38 heavy (non-hydrogen) atoms. The lowest BCUT2D eigenvalue weighted by molar-refractivity contribution is 0.155. The van der Waals surface area contributed by atoms with Crippen LogP contribution in [0.4, 0.5) is 0 Å². The van der Waals surface area contributed by atoms with Crippen molar-refractivity contribution in [3.05, 3.63) is 80.9 Å². The Morgan fingerprint density at radius 3 is 2.55 bits per heavy atom. The standard InChI is InChI=1S/C30H38N6O2/c1-5-27(29-32-33-34-36(29)25-9-7-6-8-10-25)35(18-22-11-13-26(38-4)14-12-22)19-24-17-23-16-20(2)15-21(3)28(23)31-30(24)37/h11-17,25,27H,5-10,18-19H2,1-4H3,(H,31,37)/t27-/m0/s1. The number of aryl methyl sites for hydroxylation is 2. The molecule has 8 nitrogen and oxygen atoms in total. The normalized spacial score (nSPS) is 15.3. The SMILES string of the molecule is CC[C@@H](c1nnnn1C1CCCCC1)N(Cc1ccc(OC)cc1)Cc1cc2cc(C)cc(C)c2[nH]c1=O. The first kappa shape index (κ1) is 26.1. The summed E-state index contributed by atoms with van der Waals surface area (Å²) in [7, 11) is 1.68. The Morgan fingerprint density at radius 1 is 1.08 bits per heavy atom. The Labute approximate surface area is 224 Å². The van der Waals surface area contributed by atoms with Gasteiger partial charge in [-0.1, -0.05) is 49.9 Å². The zero-order valence-electron chi connectivity index (χ0n) is 22.9. The lowest BCUT2D eigenvalue weighted by Gasteiger charge is -2.32. The van der Waals surface area contributed by atoms with Crippen molar-refractivity contribution in [3.8, 4) is 5.75 Å². The molecule has 2 aromatic carbocycles. The number of hydrogen-bond acceptors (Lipinski definition) is 6. The number of nitrogens with one attached hydrogen (secondary N) is 1. The van der Waals surface area contributed by atoms with Crippen molar-refractivity contribution in [2.75, 3.05) is 7.11 Å². The van der Waals surface area contributed by atoms with E-state index >= 15 is 0 Å². The van der Waals surface area contributed by atoms with Crippen LogP contribution in [0.3, 0.4) is 0 Å². The molecule has 1 aliphatic carbocycles. The molecule has 0 aliphatic heterocycles. The van der Waals surface area contributed by atoms with Gasteiger partial charge in [-0.05, 0) is 84.3 Å². The average Bonchev–Trinajstić information content (AvgIpc) is 3.40. The van der Waals surface area contributed by atoms with Crippen LogP contribution in [0, 0.1) is 13.8 Å². The Kier molecular flexibility index (Phi) is 7.88. The molecule has 0 unspecified atom stereocenters. The fraction of sp³-hybridized carbons (Fsp3) is 0.467. The van der Waals surface area contributed by atoms with Crippen molar-refractivity contribution >= 4 is 10.9 Å². The fourth-order valence-corrected chi connectivity index (χ4v) is 5.92. The lowest BCUT2D eigenvalue weighted by atomic mass is 9.95. The monoisotopic (exact) mass is 514 g/mol. The summed E-state index contributed by atoms with van der Waals surface area (Å²) >= 11 is 0. The Balaban J connectivity index is 1.53. The predicted molar refractivity (Wildman–Crippen MR) is 149 cm³/mol. The Morgan fingerprint density at radius 2 is 1.84 bits per heavy atom. The quantitative estimate of drug-likeness (QED) is 0.304. The van der Waals surface area contributed by atoms with Crippen LogP contribution in [-0.4, -0.2) is 37.2 Å². The highest BCUT2D eigenvalue weighted by molar-refractivity contribution is 5.82. The van der Waals surface area contributed by atoms with Gasteiger partial charge in [0.2, 0.25) is 0 Å². The predicted octanol–water partition coefficient (Wildman–Crippen LogP) is 5.80. The van der Waals surface area contributed by atoms with Crippen molar-refractivity contribution in [3.63, 3.8) is 0 Å². The van der Waals surface area contributed by atoms with Gasteiger partial charge in [-0.15, -0.1) is 5.10 Å². The summed E-state index contributed by atoms with van der Waals surface area (Å²) in [5.74, 6) is 1.71. The smallest absolute Gasteiger partial charge is 0.252 e. The van der Waals surface area contributed by atoms with Gasteiger partial charge in [-0.25, -0.2) is 4.68 Å². The lowest BCUT2D eigenvalue weighted by Crippen LogP contribution is -2.33. The highest BCUT2D eigenvalue weighted by atomic mass is 16.5. The van der Waals surface area contributed by atoms with Gasteiger partial charge in [-0.2, -0.15) is 0 Å². The fourth-order valence-electron chi connectivity index (χ4n) is 5.92. The number of aromatic nitrogens is 5. The van der Waals surface area contributed by atoms with Crippen molar-refractivity contribution in [1.82, 2.24) is 30.1 Å². The molecule has 2 heterocycles. The van der Waals surface area contributed by atoms with Crippen LogP contribution in [0.25, 0.3) is 10.9 Å². The van der Waals surface area contributed by atoms with Crippen LogP contribution < -0.4 is 10.3 Å². The molecule has 0 radical (unpaired) electrons. The van der Waals surface area contributed by atoms with Crippen molar-refractivity contribution in [2.24, 2.45) is 0 Å². The number of rotatable bonds is 9. The van der Waals surface area contributed by atoms with Crippen molar-refractivity contribution in [2.45, 2.75) is 84.5 Å². The maximum atomic E-state index is 13.3. The van der Waals surface area contributed by atoms with Gasteiger partial charge >= 0.3 is 0 Å². The van der Waals surface area contributed by atoms with E-state index in [2.05, 4.69) is 68.2 Å². The zero-order valence-corrected chi connectivity index (χ0v) is 22.9. The van der Waals surface area contributed by atoms with Crippen LogP contribution >= 0.6 is 0 Å². The molecule has 200 valence electrons. The van der Waals surface area contributed by atoms with Gasteiger partial charge < -0.3 is 9.72 Å². The summed E-state index contributed by atoms with van der Waals surface area (Å²) in [5.41, 5.74) is 5.00. The van der Waals surface area contributed by atoms with E-state index in [4.69, 9.17) is 4.74 Å². The molecule has 0 bridgehead atoms. The minimum absolute atomic E-state index is 0.0385. The minimum Gasteiger partial charge on any atom is -0.497 e. The second kappa shape index (κ2) is 11.5. The molecule has 8 heteroatoms. The first-order chi connectivity index (χ1) is 18.5. The number of pyridine rings is 1. The number of methoxy groups -OCH3 is 1. The summed E-state index contributed by atoms with van der Waals surface area (Å²) in [6.07, 6.45) is 6.74. The third-order valence-corrected chi connectivity index (χ3v) is 7.85. The molecule has 1 atom stereocenters. The van der Waals surface area contributed by atoms with E-state index in [1.807, 2.05) is 25.1 Å². The summed E-state index contributed by atoms with van der Waals surface area (Å²) in [5, 5.41) is 14.2. The number of aromatic amines is 1.